The second-order valence-electron chi connectivity index (χ2n) is 1.14. The van der Waals surface area contributed by atoms with Gasteiger partial charge in [-0.05, 0) is 16.3 Å². The first-order valence-electron chi connectivity index (χ1n) is 2.23. The van der Waals surface area contributed by atoms with E-state index in [1.807, 2.05) is 0 Å². The molecule has 0 spiro atoms. The van der Waals surface area contributed by atoms with E-state index in [-0.39, 0.29) is 0 Å². The van der Waals surface area contributed by atoms with Gasteiger partial charge in [0, 0.05) is 10.4 Å². The highest BCUT2D eigenvalue weighted by Crippen LogP contribution is 2.12. The van der Waals surface area contributed by atoms with Crippen LogP contribution < -0.4 is 0 Å². The van der Waals surface area contributed by atoms with Crippen molar-refractivity contribution in [2.75, 3.05) is 0 Å². The summed E-state index contributed by atoms with van der Waals surface area (Å²) in [7, 11) is 0. The molecule has 0 fully saturated rings. The number of rotatable bonds is 0. The van der Waals surface area contributed by atoms with E-state index in [9.17, 15) is 0 Å². The number of aromatic nitrogens is 1. The standard InChI is InChI=1S/C3H2N3S.NO3/c4-6-3-5-1-2-7-3;2-1(3)4/h1-2H;/q+1;-1. The average Bonchev–Trinajstić information content (AvgIpc) is 2.36. The molecule has 0 unspecified atom stereocenters. The van der Waals surface area contributed by atoms with Crippen molar-refractivity contribution in [3.05, 3.63) is 31.9 Å². The first-order valence-corrected chi connectivity index (χ1v) is 3.11. The van der Waals surface area contributed by atoms with Gasteiger partial charge in [-0.1, -0.05) is 0 Å². The van der Waals surface area contributed by atoms with E-state index >= 15 is 0 Å². The van der Waals surface area contributed by atoms with Gasteiger partial charge in [-0.15, -0.1) is 0 Å². The van der Waals surface area contributed by atoms with Gasteiger partial charge >= 0.3 is 5.13 Å². The number of thiazole rings is 1. The average molecular weight is 174 g/mol. The number of hydrogen-bond acceptors (Lipinski definition) is 6. The number of hydrogen-bond donors (Lipinski definition) is 0. The summed E-state index contributed by atoms with van der Waals surface area (Å²) in [6, 6.07) is 0. The Labute approximate surface area is 64.7 Å². The highest BCUT2D eigenvalue weighted by atomic mass is 32.1. The Morgan fingerprint density at radius 3 is 2.45 bits per heavy atom. The van der Waals surface area contributed by atoms with Gasteiger partial charge in [-0.3, -0.25) is 0 Å². The summed E-state index contributed by atoms with van der Waals surface area (Å²) in [5.41, 5.74) is 0. The Balaban J connectivity index is 0.000000218. The highest BCUT2D eigenvalue weighted by Gasteiger charge is 2.01. The van der Waals surface area contributed by atoms with Crippen LogP contribution in [-0.4, -0.2) is 10.1 Å². The van der Waals surface area contributed by atoms with Crippen LogP contribution in [0.4, 0.5) is 5.13 Å². The van der Waals surface area contributed by atoms with Crippen molar-refractivity contribution < 1.29 is 5.09 Å². The minimum atomic E-state index is -1.75. The van der Waals surface area contributed by atoms with Crippen LogP contribution >= 0.6 is 11.3 Å². The largest absolute Gasteiger partial charge is 0.523 e. The van der Waals surface area contributed by atoms with Crippen molar-refractivity contribution in [2.45, 2.75) is 0 Å². The van der Waals surface area contributed by atoms with Gasteiger partial charge in [0.1, 0.15) is 0 Å². The van der Waals surface area contributed by atoms with E-state index in [4.69, 9.17) is 20.7 Å². The first kappa shape index (κ1) is 9.25. The summed E-state index contributed by atoms with van der Waals surface area (Å²) >= 11 is 1.30. The highest BCUT2D eigenvalue weighted by molar-refractivity contribution is 7.13. The molecule has 1 rings (SSSR count). The minimum Gasteiger partial charge on any atom is -0.356 e. The van der Waals surface area contributed by atoms with E-state index in [0.717, 1.165) is 0 Å². The third-order valence-corrected chi connectivity index (χ3v) is 1.16. The summed E-state index contributed by atoms with van der Waals surface area (Å²) < 4.78 is 0. The third kappa shape index (κ3) is 6.13. The van der Waals surface area contributed by atoms with Gasteiger partial charge in [0.25, 0.3) is 0 Å². The molecule has 58 valence electrons. The van der Waals surface area contributed by atoms with Gasteiger partial charge in [-0.25, -0.2) is 0 Å². The monoisotopic (exact) mass is 174 g/mol. The van der Waals surface area contributed by atoms with Crippen molar-refractivity contribution >= 4 is 16.5 Å². The van der Waals surface area contributed by atoms with Gasteiger partial charge < -0.3 is 15.3 Å². The maximum absolute atomic E-state index is 8.25. The van der Waals surface area contributed by atoms with E-state index in [0.29, 0.717) is 5.13 Å². The fraction of sp³-hybridized carbons (Fsp3) is 0. The molecule has 0 radical (unpaired) electrons. The lowest BCUT2D eigenvalue weighted by molar-refractivity contribution is -0.402. The summed E-state index contributed by atoms with van der Waals surface area (Å²) in [6.07, 6.45) is 1.58. The van der Waals surface area contributed by atoms with Gasteiger partial charge in [0.15, 0.2) is 6.20 Å². The summed E-state index contributed by atoms with van der Waals surface area (Å²) in [5, 5.41) is 24.9. The van der Waals surface area contributed by atoms with Gasteiger partial charge in [0.05, 0.1) is 10.5 Å². The van der Waals surface area contributed by atoms with E-state index in [2.05, 4.69) is 9.96 Å². The molecular formula is C3H2N4O3S. The van der Waals surface area contributed by atoms with Crippen molar-refractivity contribution in [1.82, 2.24) is 4.98 Å². The van der Waals surface area contributed by atoms with Gasteiger partial charge in [-0.2, -0.15) is 0 Å². The molecule has 0 atom stereocenters. The Hall–Kier alpha value is -1.75. The van der Waals surface area contributed by atoms with Crippen molar-refractivity contribution in [1.29, 1.82) is 5.39 Å². The molecule has 0 amide bonds. The molecule has 0 N–H and O–H groups in total. The second-order valence-corrected chi connectivity index (χ2v) is 2.01. The Morgan fingerprint density at radius 2 is 2.27 bits per heavy atom. The molecule has 0 bridgehead atoms. The summed E-state index contributed by atoms with van der Waals surface area (Å²) in [6.45, 7) is 0. The molecule has 0 aliphatic rings. The minimum absolute atomic E-state index is 0.403. The van der Waals surface area contributed by atoms with E-state index < -0.39 is 5.09 Å². The molecule has 8 heteroatoms. The van der Waals surface area contributed by atoms with Crippen molar-refractivity contribution in [3.8, 4) is 0 Å². The van der Waals surface area contributed by atoms with Crippen molar-refractivity contribution in [2.24, 2.45) is 0 Å². The van der Waals surface area contributed by atoms with Crippen molar-refractivity contribution in [3.63, 3.8) is 0 Å². The van der Waals surface area contributed by atoms with Crippen LogP contribution in [0.15, 0.2) is 11.6 Å². The maximum Gasteiger partial charge on any atom is 0.523 e. The molecule has 1 aromatic heterocycles. The Kier molecular flexibility index (Phi) is 4.26. The maximum atomic E-state index is 8.25. The van der Waals surface area contributed by atoms with Crippen LogP contribution in [0.5, 0.6) is 0 Å². The zero-order valence-corrected chi connectivity index (χ0v) is 5.89. The Bertz CT molecular complexity index is 248. The second kappa shape index (κ2) is 5.07. The molecule has 11 heavy (non-hydrogen) atoms. The fourth-order valence-corrected chi connectivity index (χ4v) is 0.678. The van der Waals surface area contributed by atoms with Crippen LogP contribution in [0.2, 0.25) is 0 Å². The van der Waals surface area contributed by atoms with E-state index in [1.165, 1.54) is 11.3 Å². The predicted octanol–water partition coefficient (Wildman–Crippen LogP) is 1.39. The fourth-order valence-electron chi connectivity index (χ4n) is 0.265. The topological polar surface area (TPSA) is 107 Å². The third-order valence-electron chi connectivity index (χ3n) is 0.505. The quantitative estimate of drug-likeness (QED) is 0.335. The molecule has 1 aromatic rings. The van der Waals surface area contributed by atoms with Crippen LogP contribution in [0, 0.1) is 20.7 Å². The zero-order valence-electron chi connectivity index (χ0n) is 5.08. The smallest absolute Gasteiger partial charge is 0.356 e. The molecule has 0 aliphatic heterocycles. The molecule has 1 heterocycles. The van der Waals surface area contributed by atoms with Crippen LogP contribution in [0.3, 0.4) is 0 Å². The number of nitrogens with zero attached hydrogens (tertiary/aromatic N) is 4. The van der Waals surface area contributed by atoms with E-state index in [1.54, 1.807) is 11.6 Å². The lowest BCUT2D eigenvalue weighted by Gasteiger charge is -1.74. The molecular weight excluding hydrogens is 172 g/mol. The van der Waals surface area contributed by atoms with Crippen LogP contribution in [-0.2, 0) is 0 Å². The van der Waals surface area contributed by atoms with Crippen LogP contribution in [0.1, 0.15) is 0 Å². The molecule has 7 nitrogen and oxygen atoms in total. The lowest BCUT2D eigenvalue weighted by Crippen LogP contribution is -1.74. The molecule has 0 aromatic carbocycles. The van der Waals surface area contributed by atoms with Crippen LogP contribution in [0.25, 0.3) is 4.98 Å². The predicted molar refractivity (Wildman–Crippen MR) is 37.2 cm³/mol. The molecule has 0 saturated carbocycles. The molecule has 0 aliphatic carbocycles. The Morgan fingerprint density at radius 1 is 1.73 bits per heavy atom. The summed E-state index contributed by atoms with van der Waals surface area (Å²) in [5.74, 6) is 0. The number of diazo groups is 1. The van der Waals surface area contributed by atoms with Gasteiger partial charge in [0.2, 0.25) is 0 Å². The SMILES string of the molecule is N#[N+]c1nccs1.O=[N+]([O-])[O-]. The normalized spacial score (nSPS) is 7.18. The zero-order chi connectivity index (χ0) is 8.69. The first-order chi connectivity index (χ1) is 5.16. The summed E-state index contributed by atoms with van der Waals surface area (Å²) in [4.78, 5) is 14.7. The molecule has 0 saturated heterocycles. The lowest BCUT2D eigenvalue weighted by atomic mass is 11.0.